The van der Waals surface area contributed by atoms with Gasteiger partial charge in [-0.25, -0.2) is 0 Å². The number of Topliss-reactive ketones (excluding diaryl/α,β-unsaturated/α-hetero) is 1. The summed E-state index contributed by atoms with van der Waals surface area (Å²) in [5.74, 6) is -0.930. The number of allylic oxidation sites excluding steroid dienone is 1. The Kier molecular flexibility index (Phi) is 12.1. The van der Waals surface area contributed by atoms with Gasteiger partial charge in [-0.3, -0.25) is 19.2 Å². The van der Waals surface area contributed by atoms with Crippen molar-refractivity contribution in [3.05, 3.63) is 47.0 Å². The predicted octanol–water partition coefficient (Wildman–Crippen LogP) is 7.51. The van der Waals surface area contributed by atoms with Crippen LogP contribution in [0, 0.1) is 56.2 Å². The fraction of sp³-hybridized carbons (Fsp3) is 0.750. The Labute approximate surface area is 346 Å². The molecule has 0 bridgehead atoms. The summed E-state index contributed by atoms with van der Waals surface area (Å²) in [7, 11) is 0. The minimum atomic E-state index is -1.20. The number of hydrogen-bond donors (Lipinski definition) is 4. The molecule has 58 heavy (non-hydrogen) atoms. The van der Waals surface area contributed by atoms with Crippen molar-refractivity contribution in [2.24, 2.45) is 56.2 Å². The van der Waals surface area contributed by atoms with Gasteiger partial charge in [0, 0.05) is 30.3 Å². The lowest BCUT2D eigenvalue weighted by atomic mass is 9.33. The minimum absolute atomic E-state index is 0.0139. The topological polar surface area (TPSA) is 162 Å². The highest BCUT2D eigenvalue weighted by molar-refractivity contribution is 6.00. The van der Waals surface area contributed by atoms with E-state index in [0.717, 1.165) is 61.7 Å². The van der Waals surface area contributed by atoms with Crippen molar-refractivity contribution in [1.29, 1.82) is 0 Å². The summed E-state index contributed by atoms with van der Waals surface area (Å²) in [4.78, 5) is 54.5. The van der Waals surface area contributed by atoms with Crippen LogP contribution < -0.4 is 0 Å². The molecule has 0 aromatic heterocycles. The van der Waals surface area contributed by atoms with Crippen molar-refractivity contribution in [2.45, 2.75) is 158 Å². The number of fused-ring (bicyclic) bond motifs is 7. The molecule has 10 atom stereocenters. The van der Waals surface area contributed by atoms with E-state index in [1.165, 1.54) is 0 Å². The second-order valence-electron chi connectivity index (χ2n) is 21.4. The van der Waals surface area contributed by atoms with Crippen LogP contribution in [-0.4, -0.2) is 80.4 Å². The largest absolute Gasteiger partial charge is 0.481 e. The van der Waals surface area contributed by atoms with E-state index >= 15 is 0 Å². The summed E-state index contributed by atoms with van der Waals surface area (Å²) in [5.41, 5.74) is 0.373. The van der Waals surface area contributed by atoms with Crippen molar-refractivity contribution in [3.8, 4) is 0 Å². The van der Waals surface area contributed by atoms with Gasteiger partial charge in [0.1, 0.15) is 6.10 Å². The molecule has 1 aromatic carbocycles. The highest BCUT2D eigenvalue weighted by Gasteiger charge is 2.71. The number of aliphatic hydroxyl groups is 3. The normalized spacial score (nSPS) is 35.3. The zero-order valence-electron chi connectivity index (χ0n) is 36.6. The lowest BCUT2D eigenvalue weighted by molar-refractivity contribution is -0.235. The van der Waals surface area contributed by atoms with Gasteiger partial charge in [-0.1, -0.05) is 84.4 Å². The number of aliphatic hydroxyl groups excluding tert-OH is 3. The Morgan fingerprint density at radius 1 is 0.897 bits per heavy atom. The summed E-state index contributed by atoms with van der Waals surface area (Å²) < 4.78 is 6.17. The third-order valence-electron chi connectivity index (χ3n) is 17.1. The molecule has 10 heteroatoms. The van der Waals surface area contributed by atoms with Crippen LogP contribution in [0.15, 0.2) is 41.5 Å². The highest BCUT2D eigenvalue weighted by Crippen LogP contribution is 2.77. The van der Waals surface area contributed by atoms with Gasteiger partial charge in [0.15, 0.2) is 5.78 Å². The summed E-state index contributed by atoms with van der Waals surface area (Å²) in [6.07, 6.45) is 4.33. The molecule has 0 aliphatic heterocycles. The molecule has 1 amide bonds. The second kappa shape index (κ2) is 15.7. The first kappa shape index (κ1) is 44.5. The molecule has 4 saturated carbocycles. The van der Waals surface area contributed by atoms with Gasteiger partial charge in [0.25, 0.3) is 0 Å². The first-order chi connectivity index (χ1) is 27.0. The van der Waals surface area contributed by atoms with Gasteiger partial charge in [-0.15, -0.1) is 0 Å². The maximum Gasteiger partial charge on any atom is 0.309 e. The smallest absolute Gasteiger partial charge is 0.309 e. The average molecular weight is 806 g/mol. The Morgan fingerprint density at radius 3 is 2.19 bits per heavy atom. The molecule has 0 spiro atoms. The summed E-state index contributed by atoms with van der Waals surface area (Å²) in [6, 6.07) is 9.57. The zero-order chi connectivity index (χ0) is 42.8. The van der Waals surface area contributed by atoms with E-state index in [4.69, 9.17) is 4.74 Å². The van der Waals surface area contributed by atoms with Gasteiger partial charge in [0.2, 0.25) is 5.91 Å². The molecule has 10 nitrogen and oxygen atoms in total. The third kappa shape index (κ3) is 7.29. The molecular weight excluding hydrogens is 735 g/mol. The highest BCUT2D eigenvalue weighted by atomic mass is 16.5. The number of esters is 1. The standard InChI is InChI=1S/C48H71NO9/c1-29(2)40-33(52)24-48(36(53)27-49(38(54)23-31(51)28-50)26-30-13-11-10-12-14-30)22-21-46(8)32(41(40)48)15-16-35-45(7)19-18-37(58-39(55)25-43(3,4)42(56)57)44(5,6)34(45)17-20-47(35,46)9/h10-14,29,31-32,34-37,50-51,53H,15-28H2,1-9H3,(H,56,57)/t31-,32+,34-,35+,36?,37-,45-,46+,47+,48?/m0/s1. The molecule has 5 aliphatic carbocycles. The van der Waals surface area contributed by atoms with Gasteiger partial charge < -0.3 is 30.1 Å². The number of aliphatic carboxylic acids is 1. The van der Waals surface area contributed by atoms with E-state index < -0.39 is 41.6 Å². The molecule has 0 radical (unpaired) electrons. The predicted molar refractivity (Wildman–Crippen MR) is 221 cm³/mol. The third-order valence-corrected chi connectivity index (χ3v) is 17.1. The Hall–Kier alpha value is -3.08. The van der Waals surface area contributed by atoms with E-state index in [2.05, 4.69) is 48.5 Å². The zero-order valence-corrected chi connectivity index (χ0v) is 36.6. The average Bonchev–Trinajstić information content (AvgIpc) is 3.46. The van der Waals surface area contributed by atoms with E-state index in [1.54, 1.807) is 18.7 Å². The summed E-state index contributed by atoms with van der Waals surface area (Å²) >= 11 is 0. The van der Waals surface area contributed by atoms with Crippen molar-refractivity contribution in [2.75, 3.05) is 13.2 Å². The number of carboxylic acids is 1. The monoisotopic (exact) mass is 806 g/mol. The number of amides is 1. The molecule has 322 valence electrons. The number of ketones is 1. The van der Waals surface area contributed by atoms with Gasteiger partial charge >= 0.3 is 11.9 Å². The number of nitrogens with zero attached hydrogens (tertiary/aromatic N) is 1. The van der Waals surface area contributed by atoms with Crippen LogP contribution in [0.3, 0.4) is 0 Å². The molecule has 4 N–H and O–H groups in total. The fourth-order valence-electron chi connectivity index (χ4n) is 13.7. The molecule has 6 rings (SSSR count). The molecule has 1 aromatic rings. The van der Waals surface area contributed by atoms with E-state index in [9.17, 15) is 39.6 Å². The molecule has 5 aliphatic rings. The molecule has 0 heterocycles. The fourth-order valence-corrected chi connectivity index (χ4v) is 13.7. The Morgan fingerprint density at radius 2 is 1.57 bits per heavy atom. The van der Waals surface area contributed by atoms with Crippen molar-refractivity contribution in [3.63, 3.8) is 0 Å². The van der Waals surface area contributed by atoms with Gasteiger partial charge in [0.05, 0.1) is 37.1 Å². The number of rotatable bonds is 13. The lowest BCUT2D eigenvalue weighted by Gasteiger charge is -2.72. The maximum atomic E-state index is 14.3. The van der Waals surface area contributed by atoms with Crippen LogP contribution in [0.2, 0.25) is 0 Å². The van der Waals surface area contributed by atoms with Crippen LogP contribution in [-0.2, 0) is 30.5 Å². The van der Waals surface area contributed by atoms with Gasteiger partial charge in [-0.2, -0.15) is 0 Å². The first-order valence-corrected chi connectivity index (χ1v) is 22.0. The molecular formula is C48H71NO9. The number of ether oxygens (including phenoxy) is 1. The van der Waals surface area contributed by atoms with E-state index in [1.807, 2.05) is 30.3 Å². The van der Waals surface area contributed by atoms with E-state index in [0.29, 0.717) is 18.3 Å². The summed E-state index contributed by atoms with van der Waals surface area (Å²) in [6.45, 7) is 18.9. The number of hydrogen-bond acceptors (Lipinski definition) is 8. The molecule has 4 fully saturated rings. The van der Waals surface area contributed by atoms with Crippen LogP contribution in [0.4, 0.5) is 0 Å². The molecule has 0 saturated heterocycles. The quantitative estimate of drug-likeness (QED) is 0.148. The van der Waals surface area contributed by atoms with Crippen molar-refractivity contribution < 1.29 is 44.3 Å². The number of carbonyl (C=O) groups is 4. The van der Waals surface area contributed by atoms with Crippen LogP contribution in [0.25, 0.3) is 0 Å². The number of carbonyl (C=O) groups excluding carboxylic acids is 3. The van der Waals surface area contributed by atoms with Crippen LogP contribution in [0.5, 0.6) is 0 Å². The first-order valence-electron chi connectivity index (χ1n) is 22.0. The van der Waals surface area contributed by atoms with Crippen molar-refractivity contribution in [1.82, 2.24) is 4.90 Å². The second-order valence-corrected chi connectivity index (χ2v) is 21.4. The number of carboxylic acid groups (broad SMARTS) is 1. The van der Waals surface area contributed by atoms with Crippen LogP contribution in [0.1, 0.15) is 139 Å². The van der Waals surface area contributed by atoms with Crippen molar-refractivity contribution >= 4 is 23.6 Å². The summed E-state index contributed by atoms with van der Waals surface area (Å²) in [5, 5.41) is 42.0. The molecule has 2 unspecified atom stereocenters. The minimum Gasteiger partial charge on any atom is -0.481 e. The van der Waals surface area contributed by atoms with Gasteiger partial charge in [-0.05, 0) is 116 Å². The van der Waals surface area contributed by atoms with E-state index in [-0.39, 0.29) is 83.6 Å². The Balaban J connectivity index is 1.30. The number of benzene rings is 1. The Bertz CT molecular complexity index is 1790. The lowest BCUT2D eigenvalue weighted by Crippen LogP contribution is -2.66. The maximum absolute atomic E-state index is 14.3. The SMILES string of the molecule is CC(C)C1=C2[C@H]3CC[C@@H]4[C@@]5(C)CC[C@H](OC(=O)CC(C)(C)C(=O)O)C(C)(C)[C@@H]5CC[C@@]4(C)[C@]3(C)CCC2(C(O)CN(Cc2ccccc2)C(=O)C[C@H](O)CO)CC1=O. The van der Waals surface area contributed by atoms with Crippen LogP contribution >= 0.6 is 0 Å².